The SMILES string of the molecule is COC(=O)C1CCCC1S(=O)(=O)NC(C)CCS(C)=O. The van der Waals surface area contributed by atoms with Crippen LogP contribution in [0.2, 0.25) is 0 Å². The lowest BCUT2D eigenvalue weighted by Crippen LogP contribution is -2.43. The van der Waals surface area contributed by atoms with E-state index in [1.54, 1.807) is 13.2 Å². The number of methoxy groups -OCH3 is 1. The third-order valence-electron chi connectivity index (χ3n) is 3.56. The standard InChI is InChI=1S/C12H23NO5S2/c1-9(7-8-19(3)15)13-20(16,17)11-6-4-5-10(11)12(14)18-2/h9-11,13H,4-8H2,1-3H3. The van der Waals surface area contributed by atoms with Crippen LogP contribution in [0.25, 0.3) is 0 Å². The molecule has 0 aromatic heterocycles. The van der Waals surface area contributed by atoms with Gasteiger partial charge < -0.3 is 4.74 Å². The maximum absolute atomic E-state index is 12.3. The van der Waals surface area contributed by atoms with Gasteiger partial charge in [0.1, 0.15) is 0 Å². The van der Waals surface area contributed by atoms with Crippen LogP contribution in [0.3, 0.4) is 0 Å². The molecule has 0 bridgehead atoms. The predicted octanol–water partition coefficient (Wildman–Crippen LogP) is 0.405. The highest BCUT2D eigenvalue weighted by Crippen LogP contribution is 2.31. The Morgan fingerprint density at radius 3 is 2.65 bits per heavy atom. The van der Waals surface area contributed by atoms with Gasteiger partial charge >= 0.3 is 5.97 Å². The number of hydrogen-bond acceptors (Lipinski definition) is 5. The summed E-state index contributed by atoms with van der Waals surface area (Å²) >= 11 is 0. The largest absolute Gasteiger partial charge is 0.469 e. The van der Waals surface area contributed by atoms with E-state index in [-0.39, 0.29) is 6.04 Å². The summed E-state index contributed by atoms with van der Waals surface area (Å²) in [6.45, 7) is 1.74. The van der Waals surface area contributed by atoms with Crippen molar-refractivity contribution in [2.45, 2.75) is 43.9 Å². The van der Waals surface area contributed by atoms with Crippen molar-refractivity contribution in [3.8, 4) is 0 Å². The molecule has 0 aliphatic heterocycles. The lowest BCUT2D eigenvalue weighted by atomic mass is 10.1. The number of hydrogen-bond donors (Lipinski definition) is 1. The molecule has 1 aliphatic carbocycles. The van der Waals surface area contributed by atoms with Crippen LogP contribution in [-0.2, 0) is 30.4 Å². The molecule has 1 aliphatic rings. The first-order chi connectivity index (χ1) is 9.27. The summed E-state index contributed by atoms with van der Waals surface area (Å²) in [6.07, 6.45) is 3.83. The van der Waals surface area contributed by atoms with E-state index in [0.717, 1.165) is 0 Å². The number of nitrogens with one attached hydrogen (secondary N) is 1. The van der Waals surface area contributed by atoms with Crippen LogP contribution in [-0.4, -0.2) is 49.0 Å². The van der Waals surface area contributed by atoms with Gasteiger partial charge in [0.05, 0.1) is 18.3 Å². The van der Waals surface area contributed by atoms with Gasteiger partial charge in [0.15, 0.2) is 0 Å². The molecule has 4 atom stereocenters. The van der Waals surface area contributed by atoms with E-state index in [2.05, 4.69) is 9.46 Å². The smallest absolute Gasteiger partial charge is 0.310 e. The second-order valence-corrected chi connectivity index (χ2v) is 8.71. The van der Waals surface area contributed by atoms with Gasteiger partial charge in [-0.3, -0.25) is 9.00 Å². The van der Waals surface area contributed by atoms with Crippen molar-refractivity contribution in [2.75, 3.05) is 19.1 Å². The Morgan fingerprint density at radius 1 is 1.45 bits per heavy atom. The molecule has 1 N–H and O–H groups in total. The summed E-state index contributed by atoms with van der Waals surface area (Å²) in [5.74, 6) is -0.584. The highest BCUT2D eigenvalue weighted by Gasteiger charge is 2.42. The van der Waals surface area contributed by atoms with Crippen molar-refractivity contribution in [3.63, 3.8) is 0 Å². The van der Waals surface area contributed by atoms with Gasteiger partial charge in [0.25, 0.3) is 0 Å². The summed E-state index contributed by atoms with van der Waals surface area (Å²) in [4.78, 5) is 11.6. The Balaban J connectivity index is 2.67. The highest BCUT2D eigenvalue weighted by molar-refractivity contribution is 7.90. The highest BCUT2D eigenvalue weighted by atomic mass is 32.2. The van der Waals surface area contributed by atoms with Crippen molar-refractivity contribution in [2.24, 2.45) is 5.92 Å². The van der Waals surface area contributed by atoms with E-state index in [1.165, 1.54) is 7.11 Å². The van der Waals surface area contributed by atoms with Crippen molar-refractivity contribution < 1.29 is 22.2 Å². The molecule has 118 valence electrons. The lowest BCUT2D eigenvalue weighted by Gasteiger charge is -2.21. The maximum Gasteiger partial charge on any atom is 0.310 e. The number of esters is 1. The summed E-state index contributed by atoms with van der Waals surface area (Å²) in [7, 11) is -3.23. The van der Waals surface area contributed by atoms with Crippen molar-refractivity contribution in [3.05, 3.63) is 0 Å². The lowest BCUT2D eigenvalue weighted by molar-refractivity contribution is -0.145. The van der Waals surface area contributed by atoms with Crippen LogP contribution in [0.5, 0.6) is 0 Å². The molecule has 1 saturated carbocycles. The molecule has 0 aromatic carbocycles. The number of carbonyl (C=O) groups excluding carboxylic acids is 1. The Bertz CT molecular complexity index is 462. The number of rotatable bonds is 7. The Kier molecular flexibility index (Phi) is 6.60. The fourth-order valence-corrected chi connectivity index (χ4v) is 5.18. The summed E-state index contributed by atoms with van der Waals surface area (Å²) in [5, 5.41) is -0.718. The summed E-state index contributed by atoms with van der Waals surface area (Å²) in [5.41, 5.74) is 0. The van der Waals surface area contributed by atoms with Gasteiger partial charge in [-0.05, 0) is 26.2 Å². The van der Waals surface area contributed by atoms with Crippen molar-refractivity contribution in [1.29, 1.82) is 0 Å². The third-order valence-corrected chi connectivity index (χ3v) is 6.46. The van der Waals surface area contributed by atoms with Gasteiger partial charge in [0.2, 0.25) is 10.0 Å². The summed E-state index contributed by atoms with van der Waals surface area (Å²) in [6, 6.07) is -0.289. The zero-order valence-electron chi connectivity index (χ0n) is 12.1. The Labute approximate surface area is 123 Å². The van der Waals surface area contributed by atoms with Crippen LogP contribution in [0.4, 0.5) is 0 Å². The molecule has 4 unspecified atom stereocenters. The first-order valence-corrected chi connectivity index (χ1v) is 9.94. The predicted molar refractivity (Wildman–Crippen MR) is 78.2 cm³/mol. The maximum atomic E-state index is 12.3. The first kappa shape index (κ1) is 17.6. The third kappa shape index (κ3) is 4.82. The van der Waals surface area contributed by atoms with Crippen LogP contribution in [0.15, 0.2) is 0 Å². The molecule has 1 rings (SSSR count). The minimum Gasteiger partial charge on any atom is -0.469 e. The van der Waals surface area contributed by atoms with Gasteiger partial charge in [-0.15, -0.1) is 0 Å². The topological polar surface area (TPSA) is 89.5 Å². The first-order valence-electron chi connectivity index (χ1n) is 6.67. The van der Waals surface area contributed by atoms with Crippen molar-refractivity contribution in [1.82, 2.24) is 4.72 Å². The molecule has 20 heavy (non-hydrogen) atoms. The van der Waals surface area contributed by atoms with Gasteiger partial charge in [-0.1, -0.05) is 6.42 Å². The summed E-state index contributed by atoms with van der Waals surface area (Å²) < 4.78 is 42.9. The fraction of sp³-hybridized carbons (Fsp3) is 0.917. The van der Waals surface area contributed by atoms with E-state index in [4.69, 9.17) is 0 Å². The Morgan fingerprint density at radius 2 is 2.10 bits per heavy atom. The Hall–Kier alpha value is -0.470. The number of sulfonamides is 1. The average molecular weight is 325 g/mol. The molecule has 0 heterocycles. The van der Waals surface area contributed by atoms with Crippen LogP contribution >= 0.6 is 0 Å². The number of ether oxygens (including phenoxy) is 1. The van der Waals surface area contributed by atoms with Gasteiger partial charge in [0, 0.05) is 28.9 Å². The van der Waals surface area contributed by atoms with E-state index in [0.29, 0.717) is 31.4 Å². The minimum absolute atomic E-state index is 0.289. The molecule has 8 heteroatoms. The van der Waals surface area contributed by atoms with Crippen molar-refractivity contribution >= 4 is 26.8 Å². The van der Waals surface area contributed by atoms with Gasteiger partial charge in [-0.2, -0.15) is 0 Å². The average Bonchev–Trinajstić information content (AvgIpc) is 2.85. The van der Waals surface area contributed by atoms with E-state index >= 15 is 0 Å². The molecule has 0 amide bonds. The molecule has 0 aromatic rings. The second-order valence-electron chi connectivity index (χ2n) is 5.23. The zero-order valence-corrected chi connectivity index (χ0v) is 13.8. The van der Waals surface area contributed by atoms with Crippen LogP contribution in [0, 0.1) is 5.92 Å². The molecule has 0 radical (unpaired) electrons. The second kappa shape index (κ2) is 7.51. The quantitative estimate of drug-likeness (QED) is 0.685. The molecule has 1 fully saturated rings. The van der Waals surface area contributed by atoms with E-state index < -0.39 is 38.0 Å². The molecular formula is C12H23NO5S2. The minimum atomic E-state index is -3.56. The normalized spacial score (nSPS) is 26.1. The van der Waals surface area contributed by atoms with Crippen LogP contribution < -0.4 is 4.72 Å². The van der Waals surface area contributed by atoms with Crippen LogP contribution in [0.1, 0.15) is 32.6 Å². The molecular weight excluding hydrogens is 302 g/mol. The van der Waals surface area contributed by atoms with Gasteiger partial charge in [-0.25, -0.2) is 13.1 Å². The zero-order chi connectivity index (χ0) is 15.3. The monoisotopic (exact) mass is 325 g/mol. The van der Waals surface area contributed by atoms with E-state index in [9.17, 15) is 17.4 Å². The number of carbonyl (C=O) groups is 1. The molecule has 6 nitrogen and oxygen atoms in total. The molecule has 0 saturated heterocycles. The van der Waals surface area contributed by atoms with E-state index in [1.807, 2.05) is 0 Å². The fourth-order valence-electron chi connectivity index (χ4n) is 2.49. The molecule has 0 spiro atoms.